The van der Waals surface area contributed by atoms with Crippen molar-refractivity contribution in [3.63, 3.8) is 0 Å². The van der Waals surface area contributed by atoms with E-state index < -0.39 is 30.2 Å². The molecule has 3 N–H and O–H groups in total. The van der Waals surface area contributed by atoms with Crippen LogP contribution in [-0.2, 0) is 4.79 Å². The predicted octanol–water partition coefficient (Wildman–Crippen LogP) is 3.02. The Kier molecular flexibility index (Phi) is 6.29. The Hall–Kier alpha value is -3.85. The van der Waals surface area contributed by atoms with Crippen molar-refractivity contribution in [2.45, 2.75) is 45.2 Å². The summed E-state index contributed by atoms with van der Waals surface area (Å²) >= 11 is 0. The Bertz CT molecular complexity index is 1350. The molecule has 3 heterocycles. The van der Waals surface area contributed by atoms with E-state index in [4.69, 9.17) is 10.5 Å². The van der Waals surface area contributed by atoms with Gasteiger partial charge in [-0.15, -0.1) is 0 Å². The van der Waals surface area contributed by atoms with Crippen molar-refractivity contribution in [2.24, 2.45) is 0 Å². The summed E-state index contributed by atoms with van der Waals surface area (Å²) in [6, 6.07) is 2.59. The van der Waals surface area contributed by atoms with Gasteiger partial charge in [0.1, 0.15) is 29.6 Å². The molecule has 2 atom stereocenters. The average molecular weight is 485 g/mol. The first-order valence-corrected chi connectivity index (χ1v) is 11.0. The SMILES string of the molecule is COc1c(C(C)n2nc(C(F)F)c3c(N)ncnc32)cc(C#N)c(C)c1C1CN(C(C)C(=O)O)C1. The number of nitrogens with two attached hydrogens (primary N) is 1. The summed E-state index contributed by atoms with van der Waals surface area (Å²) in [4.78, 5) is 21.1. The molecule has 0 amide bonds. The molecular formula is C23H25F2N7O3. The average Bonchev–Trinajstić information content (AvgIpc) is 3.19. The number of ether oxygens (including phenoxy) is 1. The van der Waals surface area contributed by atoms with Crippen LogP contribution in [0.3, 0.4) is 0 Å². The second kappa shape index (κ2) is 9.07. The number of benzene rings is 1. The number of nitrogens with zero attached hydrogens (tertiary/aromatic N) is 6. The van der Waals surface area contributed by atoms with Gasteiger partial charge in [-0.25, -0.2) is 23.4 Å². The van der Waals surface area contributed by atoms with Crippen LogP contribution in [0.5, 0.6) is 5.75 Å². The van der Waals surface area contributed by atoms with Gasteiger partial charge < -0.3 is 15.6 Å². The van der Waals surface area contributed by atoms with E-state index in [1.54, 1.807) is 19.9 Å². The van der Waals surface area contributed by atoms with E-state index in [1.807, 2.05) is 11.8 Å². The zero-order valence-electron chi connectivity index (χ0n) is 19.7. The second-order valence-electron chi connectivity index (χ2n) is 8.63. The number of nitriles is 1. The first-order chi connectivity index (χ1) is 16.6. The Morgan fingerprint density at radius 2 is 2.03 bits per heavy atom. The first kappa shape index (κ1) is 24.3. The number of rotatable bonds is 7. The van der Waals surface area contributed by atoms with Crippen LogP contribution in [0.25, 0.3) is 11.0 Å². The summed E-state index contributed by atoms with van der Waals surface area (Å²) in [7, 11) is 1.50. The van der Waals surface area contributed by atoms with Gasteiger partial charge in [-0.2, -0.15) is 10.4 Å². The molecule has 0 aliphatic carbocycles. The van der Waals surface area contributed by atoms with Crippen molar-refractivity contribution >= 4 is 22.8 Å². The van der Waals surface area contributed by atoms with Crippen molar-refractivity contribution in [3.8, 4) is 11.8 Å². The van der Waals surface area contributed by atoms with E-state index in [0.29, 0.717) is 30.0 Å². The molecule has 0 radical (unpaired) electrons. The van der Waals surface area contributed by atoms with Crippen LogP contribution >= 0.6 is 0 Å². The van der Waals surface area contributed by atoms with Crippen molar-refractivity contribution in [3.05, 3.63) is 40.3 Å². The molecule has 1 aliphatic heterocycles. The molecule has 4 rings (SSSR count). The highest BCUT2D eigenvalue weighted by molar-refractivity contribution is 5.88. The fraction of sp³-hybridized carbons (Fsp3) is 0.435. The van der Waals surface area contributed by atoms with E-state index in [0.717, 1.165) is 11.1 Å². The smallest absolute Gasteiger partial charge is 0.320 e. The normalized spacial score (nSPS) is 16.2. The van der Waals surface area contributed by atoms with E-state index in [1.165, 1.54) is 18.1 Å². The summed E-state index contributed by atoms with van der Waals surface area (Å²) in [6.07, 6.45) is -1.70. The molecule has 1 saturated heterocycles. The molecule has 1 aromatic carbocycles. The standard InChI is InChI=1S/C23H25F2N7O3/c1-10-13(6-26)5-15(19(35-4)16(10)14-7-31(8-14)12(3)23(33)34)11(2)32-22-17(18(30-32)20(24)25)21(27)28-9-29-22/h5,9,11-12,14,20H,7-8H2,1-4H3,(H,33,34)(H2,27,28,29). The highest BCUT2D eigenvalue weighted by atomic mass is 19.3. The number of hydrogen-bond donors (Lipinski definition) is 2. The highest BCUT2D eigenvalue weighted by Gasteiger charge is 2.38. The molecule has 10 nitrogen and oxygen atoms in total. The van der Waals surface area contributed by atoms with E-state index in [-0.39, 0.29) is 22.8 Å². The molecular weight excluding hydrogens is 460 g/mol. The van der Waals surface area contributed by atoms with Crippen LogP contribution in [-0.4, -0.2) is 62.0 Å². The van der Waals surface area contributed by atoms with E-state index in [2.05, 4.69) is 21.1 Å². The Morgan fingerprint density at radius 1 is 1.34 bits per heavy atom. The highest BCUT2D eigenvalue weighted by Crippen LogP contribution is 2.43. The van der Waals surface area contributed by atoms with Crippen LogP contribution in [0.4, 0.5) is 14.6 Å². The fourth-order valence-corrected chi connectivity index (χ4v) is 4.69. The first-order valence-electron chi connectivity index (χ1n) is 11.0. The molecule has 0 spiro atoms. The third-order valence-electron chi connectivity index (χ3n) is 6.73. The number of aromatic nitrogens is 4. The number of anilines is 1. The summed E-state index contributed by atoms with van der Waals surface area (Å²) in [5.74, 6) is -0.560. The van der Waals surface area contributed by atoms with Crippen LogP contribution in [0.2, 0.25) is 0 Å². The molecule has 35 heavy (non-hydrogen) atoms. The molecule has 1 fully saturated rings. The van der Waals surface area contributed by atoms with Gasteiger partial charge in [-0.3, -0.25) is 9.69 Å². The van der Waals surface area contributed by atoms with Gasteiger partial charge in [0.15, 0.2) is 5.65 Å². The fourth-order valence-electron chi connectivity index (χ4n) is 4.69. The zero-order valence-corrected chi connectivity index (χ0v) is 19.7. The van der Waals surface area contributed by atoms with Crippen LogP contribution in [0.15, 0.2) is 12.4 Å². The van der Waals surface area contributed by atoms with Gasteiger partial charge in [0.05, 0.1) is 30.2 Å². The van der Waals surface area contributed by atoms with E-state index >= 15 is 0 Å². The van der Waals surface area contributed by atoms with Gasteiger partial charge in [0.25, 0.3) is 6.43 Å². The lowest BCUT2D eigenvalue weighted by Crippen LogP contribution is -2.52. The van der Waals surface area contributed by atoms with Gasteiger partial charge in [0.2, 0.25) is 0 Å². The van der Waals surface area contributed by atoms with Crippen LogP contribution in [0, 0.1) is 18.3 Å². The summed E-state index contributed by atoms with van der Waals surface area (Å²) < 4.78 is 34.6. The monoisotopic (exact) mass is 485 g/mol. The minimum absolute atomic E-state index is 0.0153. The van der Waals surface area contributed by atoms with Crippen molar-refractivity contribution in [1.82, 2.24) is 24.6 Å². The van der Waals surface area contributed by atoms with Crippen molar-refractivity contribution in [2.75, 3.05) is 25.9 Å². The maximum atomic E-state index is 13.8. The number of aliphatic carboxylic acids is 1. The maximum Gasteiger partial charge on any atom is 0.320 e. The number of carboxylic acid groups (broad SMARTS) is 1. The lowest BCUT2D eigenvalue weighted by atomic mass is 9.82. The molecule has 3 aromatic rings. The van der Waals surface area contributed by atoms with Gasteiger partial charge in [-0.1, -0.05) is 0 Å². The van der Waals surface area contributed by atoms with Crippen molar-refractivity contribution < 1.29 is 23.4 Å². The molecule has 1 aliphatic rings. The van der Waals surface area contributed by atoms with Crippen molar-refractivity contribution in [1.29, 1.82) is 5.26 Å². The van der Waals surface area contributed by atoms with E-state index in [9.17, 15) is 23.9 Å². The Labute approximate surface area is 199 Å². The quantitative estimate of drug-likeness (QED) is 0.516. The number of hydrogen-bond acceptors (Lipinski definition) is 8. The van der Waals surface area contributed by atoms with Gasteiger partial charge in [-0.05, 0) is 32.4 Å². The lowest BCUT2D eigenvalue weighted by molar-refractivity contribution is -0.144. The lowest BCUT2D eigenvalue weighted by Gasteiger charge is -2.43. The summed E-state index contributed by atoms with van der Waals surface area (Å²) in [5, 5.41) is 23.2. The Balaban J connectivity index is 1.85. The maximum absolute atomic E-state index is 13.8. The number of methoxy groups -OCH3 is 1. The minimum Gasteiger partial charge on any atom is -0.496 e. The number of alkyl halides is 2. The second-order valence-corrected chi connectivity index (χ2v) is 8.63. The van der Waals surface area contributed by atoms with Gasteiger partial charge in [0, 0.05) is 30.1 Å². The number of nitrogen functional groups attached to an aromatic ring is 1. The molecule has 2 unspecified atom stereocenters. The summed E-state index contributed by atoms with van der Waals surface area (Å²) in [6.45, 7) is 6.16. The number of halogens is 2. The van der Waals surface area contributed by atoms with Gasteiger partial charge >= 0.3 is 5.97 Å². The molecule has 2 aromatic heterocycles. The molecule has 0 bridgehead atoms. The number of likely N-dealkylation sites (tertiary alicyclic amines) is 1. The topological polar surface area (TPSA) is 143 Å². The number of carboxylic acids is 1. The molecule has 12 heteroatoms. The molecule has 0 saturated carbocycles. The summed E-state index contributed by atoms with van der Waals surface area (Å²) in [5.41, 5.74) is 8.00. The zero-order chi connectivity index (χ0) is 25.6. The third-order valence-corrected chi connectivity index (χ3v) is 6.73. The number of carbonyl (C=O) groups is 1. The largest absolute Gasteiger partial charge is 0.496 e. The minimum atomic E-state index is -2.89. The third kappa shape index (κ3) is 3.91. The van der Waals surface area contributed by atoms with Crippen LogP contribution < -0.4 is 10.5 Å². The predicted molar refractivity (Wildman–Crippen MR) is 122 cm³/mol. The van der Waals surface area contributed by atoms with Crippen LogP contribution in [0.1, 0.15) is 60.2 Å². The molecule has 184 valence electrons. The Morgan fingerprint density at radius 3 is 2.60 bits per heavy atom. The number of fused-ring (bicyclic) bond motifs is 1.